The van der Waals surface area contributed by atoms with Crippen molar-refractivity contribution in [2.24, 2.45) is 0 Å². The quantitative estimate of drug-likeness (QED) is 0.885. The zero-order chi connectivity index (χ0) is 13.8. The molecule has 0 fully saturated rings. The molecule has 19 heavy (non-hydrogen) atoms. The summed E-state index contributed by atoms with van der Waals surface area (Å²) in [6.07, 6.45) is 0.844. The number of aliphatic hydroxyl groups is 1. The van der Waals surface area contributed by atoms with Crippen molar-refractivity contribution in [3.05, 3.63) is 35.0 Å². The van der Waals surface area contributed by atoms with Gasteiger partial charge in [-0.1, -0.05) is 13.0 Å². The average Bonchev–Trinajstić information content (AvgIpc) is 2.81. The van der Waals surface area contributed by atoms with Crippen molar-refractivity contribution in [3.8, 4) is 0 Å². The number of halogens is 1. The molecule has 102 valence electrons. The fourth-order valence-electron chi connectivity index (χ4n) is 1.76. The molecule has 0 aliphatic rings. The Morgan fingerprint density at radius 2 is 2.26 bits per heavy atom. The number of amides is 1. The third kappa shape index (κ3) is 3.52. The molecule has 2 rings (SSSR count). The summed E-state index contributed by atoms with van der Waals surface area (Å²) in [5, 5.41) is 13.0. The number of aliphatic hydroxyl groups excluding tert-OH is 1. The summed E-state index contributed by atoms with van der Waals surface area (Å²) < 4.78 is 13.8. The fraction of sp³-hybridized carbons (Fsp3) is 0.357. The van der Waals surface area contributed by atoms with Crippen LogP contribution in [0.5, 0.6) is 0 Å². The van der Waals surface area contributed by atoms with E-state index >= 15 is 0 Å². The number of carbonyl (C=O) groups excluding carboxylic acids is 1. The molecule has 2 aromatic rings. The first-order chi connectivity index (χ1) is 9.10. The van der Waals surface area contributed by atoms with Crippen molar-refractivity contribution in [1.29, 1.82) is 0 Å². The second-order valence-electron chi connectivity index (χ2n) is 4.40. The summed E-state index contributed by atoms with van der Waals surface area (Å²) in [6, 6.07) is 6.23. The van der Waals surface area contributed by atoms with E-state index < -0.39 is 0 Å². The van der Waals surface area contributed by atoms with Gasteiger partial charge in [-0.3, -0.25) is 4.79 Å². The largest absolute Gasteiger partial charge is 0.393 e. The molecule has 0 radical (unpaired) electrons. The SMILES string of the molecule is CCC(O)CCNC(=O)c1cc2ccc(F)cc2s1. The summed E-state index contributed by atoms with van der Waals surface area (Å²) in [7, 11) is 0. The van der Waals surface area contributed by atoms with E-state index in [-0.39, 0.29) is 17.8 Å². The summed E-state index contributed by atoms with van der Waals surface area (Å²) >= 11 is 1.27. The molecule has 1 amide bonds. The van der Waals surface area contributed by atoms with Gasteiger partial charge in [-0.05, 0) is 36.4 Å². The van der Waals surface area contributed by atoms with Crippen LogP contribution >= 0.6 is 11.3 Å². The topological polar surface area (TPSA) is 49.3 Å². The maximum Gasteiger partial charge on any atom is 0.261 e. The number of fused-ring (bicyclic) bond motifs is 1. The van der Waals surface area contributed by atoms with E-state index in [2.05, 4.69) is 5.32 Å². The van der Waals surface area contributed by atoms with Crippen LogP contribution in [0.2, 0.25) is 0 Å². The second kappa shape index (κ2) is 6.12. The lowest BCUT2D eigenvalue weighted by Gasteiger charge is -2.07. The summed E-state index contributed by atoms with van der Waals surface area (Å²) in [4.78, 5) is 12.5. The van der Waals surface area contributed by atoms with Crippen LogP contribution in [0.3, 0.4) is 0 Å². The van der Waals surface area contributed by atoms with E-state index in [1.165, 1.54) is 23.5 Å². The molecule has 0 spiro atoms. The van der Waals surface area contributed by atoms with E-state index in [1.807, 2.05) is 6.92 Å². The van der Waals surface area contributed by atoms with Gasteiger partial charge in [0.15, 0.2) is 0 Å². The Morgan fingerprint density at radius 1 is 1.47 bits per heavy atom. The number of rotatable bonds is 5. The summed E-state index contributed by atoms with van der Waals surface area (Å²) in [5.41, 5.74) is 0. The van der Waals surface area contributed by atoms with Crippen LogP contribution in [-0.4, -0.2) is 23.7 Å². The van der Waals surface area contributed by atoms with E-state index in [1.54, 1.807) is 12.1 Å². The first-order valence-electron chi connectivity index (χ1n) is 6.25. The van der Waals surface area contributed by atoms with E-state index in [9.17, 15) is 14.3 Å². The third-order valence-corrected chi connectivity index (χ3v) is 4.04. The number of benzene rings is 1. The van der Waals surface area contributed by atoms with Crippen LogP contribution in [0.25, 0.3) is 10.1 Å². The maximum atomic E-state index is 13.1. The number of thiophene rings is 1. The first kappa shape index (κ1) is 14.0. The molecule has 1 heterocycles. The van der Waals surface area contributed by atoms with Crippen molar-refractivity contribution in [1.82, 2.24) is 5.32 Å². The monoisotopic (exact) mass is 281 g/mol. The van der Waals surface area contributed by atoms with Gasteiger partial charge in [0.2, 0.25) is 0 Å². The highest BCUT2D eigenvalue weighted by molar-refractivity contribution is 7.20. The first-order valence-corrected chi connectivity index (χ1v) is 7.07. The van der Waals surface area contributed by atoms with Gasteiger partial charge in [0, 0.05) is 11.2 Å². The molecular formula is C14H16FNO2S. The minimum atomic E-state index is -0.378. The molecule has 0 aliphatic carbocycles. The molecule has 0 aliphatic heterocycles. The molecule has 3 nitrogen and oxygen atoms in total. The van der Waals surface area contributed by atoms with Crippen LogP contribution in [-0.2, 0) is 0 Å². The second-order valence-corrected chi connectivity index (χ2v) is 5.48. The lowest BCUT2D eigenvalue weighted by molar-refractivity contribution is 0.0946. The standard InChI is InChI=1S/C14H16FNO2S/c1-2-11(17)5-6-16-14(18)13-7-9-3-4-10(15)8-12(9)19-13/h3-4,7-8,11,17H,2,5-6H2,1H3,(H,16,18). The van der Waals surface area contributed by atoms with Gasteiger partial charge in [-0.25, -0.2) is 4.39 Å². The van der Waals surface area contributed by atoms with Crippen molar-refractivity contribution in [3.63, 3.8) is 0 Å². The molecule has 1 aromatic carbocycles. The van der Waals surface area contributed by atoms with Gasteiger partial charge in [0.1, 0.15) is 5.82 Å². The van der Waals surface area contributed by atoms with Crippen LogP contribution in [0, 0.1) is 5.82 Å². The normalized spacial score (nSPS) is 12.6. The molecule has 2 N–H and O–H groups in total. The van der Waals surface area contributed by atoms with Gasteiger partial charge in [0.25, 0.3) is 5.91 Å². The highest BCUT2D eigenvalue weighted by Crippen LogP contribution is 2.26. The molecular weight excluding hydrogens is 265 g/mol. The molecule has 0 saturated heterocycles. The van der Waals surface area contributed by atoms with Gasteiger partial charge >= 0.3 is 0 Å². The van der Waals surface area contributed by atoms with Crippen molar-refractivity contribution < 1.29 is 14.3 Å². The molecule has 1 aromatic heterocycles. The zero-order valence-corrected chi connectivity index (χ0v) is 11.5. The molecule has 5 heteroatoms. The number of nitrogens with one attached hydrogen (secondary N) is 1. The highest BCUT2D eigenvalue weighted by atomic mass is 32.1. The summed E-state index contributed by atoms with van der Waals surface area (Å²) in [6.45, 7) is 2.34. The minimum Gasteiger partial charge on any atom is -0.393 e. The van der Waals surface area contributed by atoms with Crippen molar-refractivity contribution >= 4 is 27.3 Å². The Balaban J connectivity index is 2.01. The zero-order valence-electron chi connectivity index (χ0n) is 10.6. The van der Waals surface area contributed by atoms with Gasteiger partial charge in [0.05, 0.1) is 11.0 Å². The minimum absolute atomic E-state index is 0.176. The van der Waals surface area contributed by atoms with Crippen LogP contribution < -0.4 is 5.32 Å². The predicted octanol–water partition coefficient (Wildman–Crippen LogP) is 2.93. The predicted molar refractivity (Wildman–Crippen MR) is 75.0 cm³/mol. The van der Waals surface area contributed by atoms with E-state index in [4.69, 9.17) is 0 Å². The number of carbonyl (C=O) groups is 1. The maximum absolute atomic E-state index is 13.1. The lowest BCUT2D eigenvalue weighted by Crippen LogP contribution is -2.26. The van der Waals surface area contributed by atoms with E-state index in [0.717, 1.165) is 10.1 Å². The molecule has 1 atom stereocenters. The Hall–Kier alpha value is -1.46. The fourth-order valence-corrected chi connectivity index (χ4v) is 2.76. The highest BCUT2D eigenvalue weighted by Gasteiger charge is 2.11. The smallest absolute Gasteiger partial charge is 0.261 e. The summed E-state index contributed by atoms with van der Waals surface area (Å²) in [5.74, 6) is -0.475. The van der Waals surface area contributed by atoms with Gasteiger partial charge in [-0.15, -0.1) is 11.3 Å². The van der Waals surface area contributed by atoms with Crippen molar-refractivity contribution in [2.75, 3.05) is 6.54 Å². The van der Waals surface area contributed by atoms with Gasteiger partial charge in [-0.2, -0.15) is 0 Å². The lowest BCUT2D eigenvalue weighted by atomic mass is 10.2. The number of hydrogen-bond acceptors (Lipinski definition) is 3. The average molecular weight is 281 g/mol. The Bertz CT molecular complexity index is 582. The van der Waals surface area contributed by atoms with Crippen LogP contribution in [0.1, 0.15) is 29.4 Å². The van der Waals surface area contributed by atoms with Crippen molar-refractivity contribution in [2.45, 2.75) is 25.9 Å². The molecule has 0 bridgehead atoms. The molecule has 0 saturated carbocycles. The Morgan fingerprint density at radius 3 is 3.00 bits per heavy atom. The Labute approximate surface area is 115 Å². The third-order valence-electron chi connectivity index (χ3n) is 2.94. The Kier molecular flexibility index (Phi) is 4.50. The van der Waals surface area contributed by atoms with E-state index in [0.29, 0.717) is 24.3 Å². The van der Waals surface area contributed by atoms with Crippen LogP contribution in [0.15, 0.2) is 24.3 Å². The molecule has 1 unspecified atom stereocenters. The number of hydrogen-bond donors (Lipinski definition) is 2. The van der Waals surface area contributed by atoms with Gasteiger partial charge < -0.3 is 10.4 Å². The van der Waals surface area contributed by atoms with Crippen LogP contribution in [0.4, 0.5) is 4.39 Å².